The van der Waals surface area contributed by atoms with Crippen LogP contribution in [0.3, 0.4) is 0 Å². The molecule has 4 heterocycles. The van der Waals surface area contributed by atoms with Crippen molar-refractivity contribution in [2.24, 2.45) is 0 Å². The predicted molar refractivity (Wildman–Crippen MR) is 232 cm³/mol. The van der Waals surface area contributed by atoms with Crippen molar-refractivity contribution in [3.05, 3.63) is 205 Å². The van der Waals surface area contributed by atoms with Crippen molar-refractivity contribution in [1.82, 2.24) is 19.5 Å². The van der Waals surface area contributed by atoms with E-state index in [1.165, 1.54) is 30.0 Å². The minimum atomic E-state index is -2.18. The molecule has 0 atom stereocenters. The van der Waals surface area contributed by atoms with Crippen LogP contribution in [-0.2, 0) is 20.1 Å². The Morgan fingerprint density at radius 1 is 0.638 bits per heavy atom. The number of hydrogen-bond acceptors (Lipinski definition) is 4. The maximum atomic E-state index is 7.28. The number of imidazole rings is 1. The van der Waals surface area contributed by atoms with Gasteiger partial charge in [-0.15, -0.1) is 35.4 Å². The molecule has 0 saturated heterocycles. The average Bonchev–Trinajstić information content (AvgIpc) is 3.90. The van der Waals surface area contributed by atoms with Gasteiger partial charge in [0.25, 0.3) is 0 Å². The Balaban J connectivity index is 0.000000225. The average molecular weight is 933 g/mol. The van der Waals surface area contributed by atoms with Crippen LogP contribution in [0, 0.1) is 33.0 Å². The molecule has 10 rings (SSSR count). The summed E-state index contributed by atoms with van der Waals surface area (Å²) in [7, 11) is 0. The molecular formula is C52H38IrN4O-2. The van der Waals surface area contributed by atoms with E-state index in [2.05, 4.69) is 137 Å². The third-order valence-corrected chi connectivity index (χ3v) is 9.81. The zero-order chi connectivity index (χ0) is 43.7. The van der Waals surface area contributed by atoms with Crippen LogP contribution >= 0.6 is 0 Å². The summed E-state index contributed by atoms with van der Waals surface area (Å²) < 4.78 is 52.0. The first-order valence-electron chi connectivity index (χ1n) is 21.5. The second-order valence-electron chi connectivity index (χ2n) is 13.6. The number of pyridine rings is 2. The molecule has 0 saturated carbocycles. The molecule has 0 aliphatic rings. The standard InChI is InChI=1S/C39H26N3O.C13H12N.Ir/c1-26-22-31(28-10-4-2-5-11-28)38(32(23-26)29-12-6-3-7-13-29)42-36-15-9-8-14-35(36)41-39(42)34-25-43-37-17-16-30(24-33(34)37)27-18-20-40-21-19-27;1-10-3-6-12(7-4-10)13-8-5-11(2)9-14-13;/h2-24H,1H3;3-6,8-9H,1-2H3;/q2*-1;/i;1D3,2D3;. The van der Waals surface area contributed by atoms with Gasteiger partial charge in [-0.25, -0.2) is 0 Å². The minimum absolute atomic E-state index is 0. The number of nitrogens with zero attached hydrogens (tertiary/aromatic N) is 4. The zero-order valence-electron chi connectivity index (χ0n) is 37.3. The van der Waals surface area contributed by atoms with Crippen LogP contribution in [0.2, 0.25) is 0 Å². The molecule has 0 fully saturated rings. The fourth-order valence-corrected chi connectivity index (χ4v) is 7.12. The number of rotatable bonds is 6. The summed E-state index contributed by atoms with van der Waals surface area (Å²) in [5.41, 5.74) is 14.0. The fraction of sp³-hybridized carbons (Fsp3) is 0.0577. The number of aromatic nitrogens is 4. The maximum absolute atomic E-state index is 7.28. The molecule has 0 aliphatic heterocycles. The molecule has 58 heavy (non-hydrogen) atoms. The molecule has 0 aliphatic carbocycles. The van der Waals surface area contributed by atoms with Crippen molar-refractivity contribution in [2.45, 2.75) is 20.6 Å². The molecule has 6 aromatic carbocycles. The Morgan fingerprint density at radius 3 is 1.98 bits per heavy atom. The van der Waals surface area contributed by atoms with E-state index in [1.54, 1.807) is 12.1 Å². The van der Waals surface area contributed by atoms with E-state index in [-0.39, 0.29) is 31.2 Å². The number of furan rings is 1. The van der Waals surface area contributed by atoms with Crippen molar-refractivity contribution >= 4 is 22.0 Å². The summed E-state index contributed by atoms with van der Waals surface area (Å²) in [5.74, 6) is 0.782. The topological polar surface area (TPSA) is 56.7 Å². The largest absolute Gasteiger partial charge is 0.557 e. The van der Waals surface area contributed by atoms with Crippen molar-refractivity contribution in [1.29, 1.82) is 0 Å². The number of benzene rings is 6. The molecule has 10 aromatic rings. The Hall–Kier alpha value is -6.72. The van der Waals surface area contributed by atoms with Crippen LogP contribution in [0.1, 0.15) is 24.9 Å². The molecule has 4 aromatic heterocycles. The van der Waals surface area contributed by atoms with Crippen LogP contribution in [0.4, 0.5) is 0 Å². The van der Waals surface area contributed by atoms with Gasteiger partial charge in [-0.2, -0.15) is 0 Å². The summed E-state index contributed by atoms with van der Waals surface area (Å²) in [6, 6.07) is 54.8. The minimum Gasteiger partial charge on any atom is -0.557 e. The van der Waals surface area contributed by atoms with Gasteiger partial charge in [-0.3, -0.25) is 9.97 Å². The van der Waals surface area contributed by atoms with Gasteiger partial charge in [0.2, 0.25) is 0 Å². The molecule has 0 bridgehead atoms. The third kappa shape index (κ3) is 7.68. The van der Waals surface area contributed by atoms with Gasteiger partial charge < -0.3 is 14.0 Å². The second kappa shape index (κ2) is 16.8. The first-order chi connectivity index (χ1) is 30.4. The van der Waals surface area contributed by atoms with Crippen LogP contribution in [-0.4, -0.2) is 19.5 Å². The number of hydrogen-bond donors (Lipinski definition) is 0. The molecular weight excluding hydrogens is 889 g/mol. The van der Waals surface area contributed by atoms with Gasteiger partial charge in [-0.05, 0) is 89.2 Å². The summed E-state index contributed by atoms with van der Waals surface area (Å²) in [6.45, 7) is -2.18. The van der Waals surface area contributed by atoms with Crippen LogP contribution in [0.25, 0.3) is 83.7 Å². The summed E-state index contributed by atoms with van der Waals surface area (Å²) in [4.78, 5) is 13.5. The van der Waals surface area contributed by atoms with Gasteiger partial charge in [0, 0.05) is 69.9 Å². The van der Waals surface area contributed by atoms with E-state index in [1.807, 2.05) is 36.7 Å². The normalized spacial score (nSPS) is 12.8. The smallest absolute Gasteiger partial charge is 0.0774 e. The van der Waals surface area contributed by atoms with Gasteiger partial charge in [0.05, 0.1) is 22.5 Å². The van der Waals surface area contributed by atoms with E-state index in [4.69, 9.17) is 17.6 Å². The molecule has 1 radical (unpaired) electrons. The van der Waals surface area contributed by atoms with Gasteiger partial charge >= 0.3 is 0 Å². The maximum Gasteiger partial charge on any atom is 0.0774 e. The quantitative estimate of drug-likeness (QED) is 0.156. The molecule has 283 valence electrons. The number of aryl methyl sites for hydroxylation is 3. The molecule has 0 N–H and O–H groups in total. The fourth-order valence-electron chi connectivity index (χ4n) is 7.12. The van der Waals surface area contributed by atoms with Crippen molar-refractivity contribution in [2.75, 3.05) is 0 Å². The van der Waals surface area contributed by atoms with Crippen molar-refractivity contribution in [3.63, 3.8) is 0 Å². The SMILES string of the molecule is Cc1cc(-c2ccccc2)c(-n2c(-c3[c-]oc4ccc(-c5ccncc5)cc34)nc3ccccc32)c(-c2ccccc2)c1.[2H]C([2H])([2H])c1c[c-]c(-c2ccc(C([2H])([2H])[2H])cn2)cc1.[Ir]. The Morgan fingerprint density at radius 2 is 1.33 bits per heavy atom. The summed E-state index contributed by atoms with van der Waals surface area (Å²) in [6.07, 6.45) is 8.17. The summed E-state index contributed by atoms with van der Waals surface area (Å²) >= 11 is 0. The van der Waals surface area contributed by atoms with E-state index >= 15 is 0 Å². The van der Waals surface area contributed by atoms with E-state index in [0.717, 1.165) is 72.5 Å². The molecule has 5 nitrogen and oxygen atoms in total. The molecule has 0 amide bonds. The van der Waals surface area contributed by atoms with Gasteiger partial charge in [0.15, 0.2) is 0 Å². The predicted octanol–water partition coefficient (Wildman–Crippen LogP) is 13.1. The second-order valence-corrected chi connectivity index (χ2v) is 13.6. The summed E-state index contributed by atoms with van der Waals surface area (Å²) in [5, 5.41) is 0.959. The molecule has 0 spiro atoms. The molecule has 6 heteroatoms. The van der Waals surface area contributed by atoms with Gasteiger partial charge in [-0.1, -0.05) is 121 Å². The van der Waals surface area contributed by atoms with Crippen molar-refractivity contribution < 1.29 is 32.7 Å². The Bertz CT molecular complexity index is 3070. The van der Waals surface area contributed by atoms with Crippen molar-refractivity contribution in [3.8, 4) is 61.7 Å². The first-order valence-corrected chi connectivity index (χ1v) is 18.5. The van der Waals surface area contributed by atoms with E-state index in [0.29, 0.717) is 11.3 Å². The Kier molecular flexibility index (Phi) is 9.08. The van der Waals surface area contributed by atoms with Crippen LogP contribution < -0.4 is 0 Å². The van der Waals surface area contributed by atoms with E-state index < -0.39 is 13.7 Å². The Labute approximate surface area is 360 Å². The molecule has 0 unspecified atom stereocenters. The zero-order valence-corrected chi connectivity index (χ0v) is 33.7. The van der Waals surface area contributed by atoms with E-state index in [9.17, 15) is 0 Å². The first kappa shape index (κ1) is 31.4. The monoisotopic (exact) mass is 933 g/mol. The van der Waals surface area contributed by atoms with Crippen LogP contribution in [0.5, 0.6) is 0 Å². The third-order valence-electron chi connectivity index (χ3n) is 9.81. The number of para-hydroxylation sites is 2. The number of fused-ring (bicyclic) bond motifs is 2. The van der Waals surface area contributed by atoms with Crippen LogP contribution in [0.15, 0.2) is 181 Å². The van der Waals surface area contributed by atoms with Gasteiger partial charge in [0.1, 0.15) is 0 Å².